The Balaban J connectivity index is 1.50. The smallest absolute Gasteiger partial charge is 0.227 e. The number of thiazole rings is 1. The molecule has 0 spiro atoms. The number of hydrogen-bond acceptors (Lipinski definition) is 4. The highest BCUT2D eigenvalue weighted by Gasteiger charge is 2.28. The Morgan fingerprint density at radius 2 is 1.92 bits per heavy atom. The van der Waals surface area contributed by atoms with Crippen LogP contribution in [0.3, 0.4) is 0 Å². The van der Waals surface area contributed by atoms with Crippen molar-refractivity contribution in [3.63, 3.8) is 0 Å². The van der Waals surface area contributed by atoms with Crippen LogP contribution < -0.4 is 10.1 Å². The third-order valence-corrected chi connectivity index (χ3v) is 5.87. The average Bonchev–Trinajstić information content (AvgIpc) is 3.12. The Hall–Kier alpha value is -2.66. The van der Waals surface area contributed by atoms with Gasteiger partial charge >= 0.3 is 0 Å². The molecule has 1 atom stereocenters. The number of nitrogens with zero attached hydrogens (tertiary/aromatic N) is 1. The first-order valence-corrected chi connectivity index (χ1v) is 9.54. The zero-order valence-corrected chi connectivity index (χ0v) is 15.4. The molecule has 5 heteroatoms. The van der Waals surface area contributed by atoms with Crippen LogP contribution in [0.4, 0.5) is 5.69 Å². The number of methoxy groups -OCH3 is 1. The predicted molar refractivity (Wildman–Crippen MR) is 105 cm³/mol. The lowest BCUT2D eigenvalue weighted by molar-refractivity contribution is -0.120. The minimum absolute atomic E-state index is 0.0310. The molecular formula is C21H20N2O2S. The van der Waals surface area contributed by atoms with Gasteiger partial charge in [-0.2, -0.15) is 0 Å². The Bertz CT molecular complexity index is 921. The van der Waals surface area contributed by atoms with Crippen molar-refractivity contribution in [2.24, 2.45) is 5.92 Å². The molecule has 0 fully saturated rings. The minimum atomic E-state index is -0.0310. The number of anilines is 1. The molecule has 0 radical (unpaired) electrons. The molecule has 0 saturated carbocycles. The summed E-state index contributed by atoms with van der Waals surface area (Å²) in [5.74, 6) is 0.702. The van der Waals surface area contributed by atoms with Crippen LogP contribution in [0.1, 0.15) is 17.0 Å². The fraction of sp³-hybridized carbons (Fsp3) is 0.238. The molecule has 0 aliphatic heterocycles. The number of hydrogen-bond donors (Lipinski definition) is 1. The van der Waals surface area contributed by atoms with Gasteiger partial charge in [-0.05, 0) is 31.4 Å². The van der Waals surface area contributed by atoms with E-state index in [1.165, 1.54) is 4.88 Å². The summed E-state index contributed by atoms with van der Waals surface area (Å²) >= 11 is 1.71. The van der Waals surface area contributed by atoms with Crippen molar-refractivity contribution in [2.45, 2.75) is 19.3 Å². The van der Waals surface area contributed by atoms with Crippen LogP contribution in [0.15, 0.2) is 54.6 Å². The number of benzene rings is 2. The fourth-order valence-corrected chi connectivity index (χ4v) is 4.48. The van der Waals surface area contributed by atoms with Crippen LogP contribution in [0.2, 0.25) is 0 Å². The molecule has 1 unspecified atom stereocenters. The molecule has 3 aromatic rings. The van der Waals surface area contributed by atoms with Crippen molar-refractivity contribution >= 4 is 22.9 Å². The molecule has 26 heavy (non-hydrogen) atoms. The fourth-order valence-electron chi connectivity index (χ4n) is 3.29. The van der Waals surface area contributed by atoms with Crippen molar-refractivity contribution < 1.29 is 9.53 Å². The number of aromatic nitrogens is 1. The summed E-state index contributed by atoms with van der Waals surface area (Å²) in [6.07, 6.45) is 2.43. The maximum Gasteiger partial charge on any atom is 0.227 e. The largest absolute Gasteiger partial charge is 0.495 e. The van der Waals surface area contributed by atoms with E-state index < -0.39 is 0 Å². The zero-order valence-electron chi connectivity index (χ0n) is 14.6. The van der Waals surface area contributed by atoms with Crippen LogP contribution in [-0.4, -0.2) is 18.0 Å². The SMILES string of the molecule is COc1ccccc1NC(=O)C1CCc2nc(-c3ccccc3)sc2C1. The molecule has 4 nitrogen and oxygen atoms in total. The van der Waals surface area contributed by atoms with Crippen molar-refractivity contribution in [1.29, 1.82) is 0 Å². The molecule has 132 valence electrons. The van der Waals surface area contributed by atoms with Gasteiger partial charge < -0.3 is 10.1 Å². The lowest BCUT2D eigenvalue weighted by atomic mass is 9.90. The highest BCUT2D eigenvalue weighted by atomic mass is 32.1. The molecule has 2 aromatic carbocycles. The van der Waals surface area contributed by atoms with Gasteiger partial charge in [0.2, 0.25) is 5.91 Å². The topological polar surface area (TPSA) is 51.2 Å². The third-order valence-electron chi connectivity index (χ3n) is 4.70. The molecule has 4 rings (SSSR count). The lowest BCUT2D eigenvalue weighted by Gasteiger charge is -2.21. The lowest BCUT2D eigenvalue weighted by Crippen LogP contribution is -2.27. The van der Waals surface area contributed by atoms with Crippen molar-refractivity contribution in [1.82, 2.24) is 4.98 Å². The van der Waals surface area contributed by atoms with Gasteiger partial charge in [0, 0.05) is 16.4 Å². The molecule has 1 aromatic heterocycles. The molecule has 0 saturated heterocycles. The number of carbonyl (C=O) groups excluding carboxylic acids is 1. The maximum absolute atomic E-state index is 12.7. The molecule has 1 aliphatic carbocycles. The van der Waals surface area contributed by atoms with Gasteiger partial charge in [-0.3, -0.25) is 4.79 Å². The zero-order chi connectivity index (χ0) is 17.9. The van der Waals surface area contributed by atoms with Crippen molar-refractivity contribution in [3.05, 3.63) is 65.2 Å². The van der Waals surface area contributed by atoms with E-state index in [1.54, 1.807) is 18.4 Å². The Labute approximate surface area is 156 Å². The van der Waals surface area contributed by atoms with E-state index in [9.17, 15) is 4.79 Å². The van der Waals surface area contributed by atoms with Crippen molar-refractivity contribution in [2.75, 3.05) is 12.4 Å². The number of rotatable bonds is 4. The highest BCUT2D eigenvalue weighted by molar-refractivity contribution is 7.15. The number of fused-ring (bicyclic) bond motifs is 1. The molecular weight excluding hydrogens is 344 g/mol. The van der Waals surface area contributed by atoms with E-state index in [2.05, 4.69) is 17.4 Å². The Kier molecular flexibility index (Phi) is 4.71. The third kappa shape index (κ3) is 3.35. The normalized spacial score (nSPS) is 16.0. The number of aryl methyl sites for hydroxylation is 1. The van der Waals surface area contributed by atoms with E-state index >= 15 is 0 Å². The number of nitrogens with one attached hydrogen (secondary N) is 1. The first-order valence-electron chi connectivity index (χ1n) is 8.72. The summed E-state index contributed by atoms with van der Waals surface area (Å²) in [6, 6.07) is 17.7. The van der Waals surface area contributed by atoms with E-state index in [0.717, 1.165) is 41.2 Å². The maximum atomic E-state index is 12.7. The van der Waals surface area contributed by atoms with Gasteiger partial charge in [0.1, 0.15) is 10.8 Å². The summed E-state index contributed by atoms with van der Waals surface area (Å²) in [5.41, 5.74) is 3.01. The molecule has 1 aliphatic rings. The Morgan fingerprint density at radius 1 is 1.15 bits per heavy atom. The van der Waals surface area contributed by atoms with Crippen LogP contribution in [-0.2, 0) is 17.6 Å². The van der Waals surface area contributed by atoms with Crippen LogP contribution in [0.25, 0.3) is 10.6 Å². The first-order chi connectivity index (χ1) is 12.7. The number of amides is 1. The van der Waals surface area contributed by atoms with Gasteiger partial charge in [-0.1, -0.05) is 42.5 Å². The summed E-state index contributed by atoms with van der Waals surface area (Å²) in [4.78, 5) is 18.8. The van der Waals surface area contributed by atoms with E-state index in [1.807, 2.05) is 42.5 Å². The van der Waals surface area contributed by atoms with E-state index in [0.29, 0.717) is 5.75 Å². The average molecular weight is 364 g/mol. The number of carbonyl (C=O) groups is 1. The quantitative estimate of drug-likeness (QED) is 0.738. The minimum Gasteiger partial charge on any atom is -0.495 e. The standard InChI is InChI=1S/C21H20N2O2S/c1-25-18-10-6-5-9-16(18)22-20(24)15-11-12-17-19(13-15)26-21(23-17)14-7-3-2-4-8-14/h2-10,15H,11-13H2,1H3,(H,22,24). The second kappa shape index (κ2) is 7.30. The Morgan fingerprint density at radius 3 is 2.73 bits per heavy atom. The number of para-hydroxylation sites is 2. The van der Waals surface area contributed by atoms with Gasteiger partial charge in [-0.15, -0.1) is 11.3 Å². The second-order valence-corrected chi connectivity index (χ2v) is 7.47. The van der Waals surface area contributed by atoms with Crippen molar-refractivity contribution in [3.8, 4) is 16.3 Å². The molecule has 1 N–H and O–H groups in total. The van der Waals surface area contributed by atoms with Crippen LogP contribution in [0.5, 0.6) is 5.75 Å². The predicted octanol–water partition coefficient (Wildman–Crippen LogP) is 4.56. The summed E-state index contributed by atoms with van der Waals surface area (Å²) < 4.78 is 5.32. The molecule has 1 heterocycles. The van der Waals surface area contributed by atoms with Crippen LogP contribution >= 0.6 is 11.3 Å². The van der Waals surface area contributed by atoms with Gasteiger partial charge in [0.25, 0.3) is 0 Å². The van der Waals surface area contributed by atoms with E-state index in [-0.39, 0.29) is 11.8 Å². The van der Waals surface area contributed by atoms with Crippen LogP contribution in [0, 0.1) is 5.92 Å². The van der Waals surface area contributed by atoms with Gasteiger partial charge in [0.15, 0.2) is 0 Å². The summed E-state index contributed by atoms with van der Waals surface area (Å²) in [5, 5.41) is 4.06. The number of ether oxygens (including phenoxy) is 1. The van der Waals surface area contributed by atoms with Gasteiger partial charge in [-0.25, -0.2) is 4.98 Å². The summed E-state index contributed by atoms with van der Waals surface area (Å²) in [6.45, 7) is 0. The summed E-state index contributed by atoms with van der Waals surface area (Å²) in [7, 11) is 1.61. The first kappa shape index (κ1) is 16.8. The van der Waals surface area contributed by atoms with Gasteiger partial charge in [0.05, 0.1) is 18.5 Å². The monoisotopic (exact) mass is 364 g/mol. The molecule has 0 bridgehead atoms. The molecule has 1 amide bonds. The second-order valence-electron chi connectivity index (χ2n) is 6.38. The highest BCUT2D eigenvalue weighted by Crippen LogP contribution is 2.35. The van der Waals surface area contributed by atoms with E-state index in [4.69, 9.17) is 9.72 Å².